The van der Waals surface area contributed by atoms with Crippen molar-refractivity contribution < 1.29 is 14.3 Å². The Kier molecular flexibility index (Phi) is 5.00. The summed E-state index contributed by atoms with van der Waals surface area (Å²) in [6.07, 6.45) is 3.01. The summed E-state index contributed by atoms with van der Waals surface area (Å²) in [4.78, 5) is 25.2. The van der Waals surface area contributed by atoms with Gasteiger partial charge in [-0.2, -0.15) is 0 Å². The first-order valence-corrected chi connectivity index (χ1v) is 5.24. The molecule has 0 fully saturated rings. The highest BCUT2D eigenvalue weighted by atomic mass is 32.1. The Morgan fingerprint density at radius 1 is 1.69 bits per heavy atom. The van der Waals surface area contributed by atoms with E-state index in [1.807, 2.05) is 0 Å². The molecule has 0 atom stereocenters. The first-order chi connectivity index (χ1) is 7.76. The first-order valence-electron chi connectivity index (χ1n) is 4.42. The summed E-state index contributed by atoms with van der Waals surface area (Å²) in [5.74, 6) is 0. The van der Waals surface area contributed by atoms with Gasteiger partial charge in [0.25, 0.3) is 0 Å². The predicted octanol–water partition coefficient (Wildman–Crippen LogP) is 1.12. The largest absolute Gasteiger partial charge is 0.445 e. The van der Waals surface area contributed by atoms with E-state index in [4.69, 9.17) is 4.74 Å². The fourth-order valence-corrected chi connectivity index (χ4v) is 1.60. The van der Waals surface area contributed by atoms with Crippen molar-refractivity contribution in [3.63, 3.8) is 0 Å². The summed E-state index contributed by atoms with van der Waals surface area (Å²) in [6.45, 7) is 3.92. The number of nitrogens with zero attached hydrogens (tertiary/aromatic N) is 1. The molecule has 1 aromatic heterocycles. The van der Waals surface area contributed by atoms with Gasteiger partial charge < -0.3 is 10.1 Å². The number of nitrogens with one attached hydrogen (secondary N) is 2. The maximum Gasteiger partial charge on any atom is 0.412 e. The van der Waals surface area contributed by atoms with Crippen LogP contribution in [0.15, 0.2) is 18.9 Å². The average molecular weight is 241 g/mol. The van der Waals surface area contributed by atoms with Crippen LogP contribution in [0.25, 0.3) is 0 Å². The molecule has 0 unspecified atom stereocenters. The summed E-state index contributed by atoms with van der Waals surface area (Å²) in [5.41, 5.74) is 0. The van der Waals surface area contributed by atoms with E-state index in [0.29, 0.717) is 23.0 Å². The van der Waals surface area contributed by atoms with Crippen molar-refractivity contribution in [2.24, 2.45) is 0 Å². The number of carbonyl (C=O) groups excluding carboxylic acids is 2. The van der Waals surface area contributed by atoms with Crippen LogP contribution in [-0.4, -0.2) is 24.1 Å². The number of hydrogen-bond donors (Lipinski definition) is 2. The molecular weight excluding hydrogens is 230 g/mol. The molecule has 0 spiro atoms. The molecule has 6 nitrogen and oxygen atoms in total. The zero-order valence-electron chi connectivity index (χ0n) is 8.43. The molecule has 2 amide bonds. The lowest BCUT2D eigenvalue weighted by Crippen LogP contribution is -2.12. The molecule has 1 heterocycles. The van der Waals surface area contributed by atoms with E-state index in [-0.39, 0.29) is 6.61 Å². The maximum absolute atomic E-state index is 11.1. The zero-order chi connectivity index (χ0) is 11.8. The standard InChI is InChI=1S/C9H11N3O3S/c1-2-3-15-9(14)12-8-5-11-7(16-8)4-10-6-13/h2,5-6H,1,3-4H2,(H,10,13)(H,12,14). The molecule has 0 aliphatic heterocycles. The Hall–Kier alpha value is -1.89. The van der Waals surface area contributed by atoms with Crippen molar-refractivity contribution >= 4 is 28.8 Å². The van der Waals surface area contributed by atoms with Gasteiger partial charge in [0.2, 0.25) is 6.41 Å². The van der Waals surface area contributed by atoms with Crippen molar-refractivity contribution in [1.82, 2.24) is 10.3 Å². The molecule has 0 aliphatic carbocycles. The van der Waals surface area contributed by atoms with E-state index < -0.39 is 6.09 Å². The second-order valence-electron chi connectivity index (χ2n) is 2.63. The fourth-order valence-electron chi connectivity index (χ4n) is 0.850. The molecule has 0 radical (unpaired) electrons. The minimum absolute atomic E-state index is 0.157. The van der Waals surface area contributed by atoms with Gasteiger partial charge in [0, 0.05) is 0 Å². The molecule has 0 bridgehead atoms. The number of rotatable bonds is 6. The third-order valence-corrected chi connectivity index (χ3v) is 2.36. The minimum atomic E-state index is -0.557. The van der Waals surface area contributed by atoms with Gasteiger partial charge in [-0.3, -0.25) is 10.1 Å². The maximum atomic E-state index is 11.1. The van der Waals surface area contributed by atoms with Crippen molar-refractivity contribution in [3.8, 4) is 0 Å². The lowest BCUT2D eigenvalue weighted by molar-refractivity contribution is -0.109. The van der Waals surface area contributed by atoms with Crippen LogP contribution in [0.4, 0.5) is 9.80 Å². The van der Waals surface area contributed by atoms with Crippen LogP contribution >= 0.6 is 11.3 Å². The number of amides is 2. The molecule has 1 rings (SSSR count). The van der Waals surface area contributed by atoms with Gasteiger partial charge in [0.1, 0.15) is 16.6 Å². The van der Waals surface area contributed by atoms with Gasteiger partial charge in [0.05, 0.1) is 12.7 Å². The van der Waals surface area contributed by atoms with E-state index in [2.05, 4.69) is 22.2 Å². The molecular formula is C9H11N3O3S. The molecule has 0 aromatic carbocycles. The molecule has 86 valence electrons. The van der Waals surface area contributed by atoms with Gasteiger partial charge in [-0.1, -0.05) is 24.0 Å². The summed E-state index contributed by atoms with van der Waals surface area (Å²) >= 11 is 1.26. The number of aromatic nitrogens is 1. The Balaban J connectivity index is 2.41. The lowest BCUT2D eigenvalue weighted by atomic mass is 10.7. The smallest absolute Gasteiger partial charge is 0.412 e. The molecule has 0 saturated heterocycles. The second-order valence-corrected chi connectivity index (χ2v) is 3.74. The topological polar surface area (TPSA) is 80.3 Å². The van der Waals surface area contributed by atoms with Gasteiger partial charge in [-0.15, -0.1) is 0 Å². The number of thiazole rings is 1. The van der Waals surface area contributed by atoms with E-state index in [0.717, 1.165) is 0 Å². The number of anilines is 1. The number of carbonyl (C=O) groups is 2. The molecule has 1 aromatic rings. The van der Waals surface area contributed by atoms with Crippen molar-refractivity contribution in [2.75, 3.05) is 11.9 Å². The third-order valence-electron chi connectivity index (χ3n) is 1.45. The first kappa shape index (κ1) is 12.2. The van der Waals surface area contributed by atoms with Gasteiger partial charge in [0.15, 0.2) is 0 Å². The van der Waals surface area contributed by atoms with Gasteiger partial charge >= 0.3 is 6.09 Å². The third kappa shape index (κ3) is 4.09. The number of ether oxygens (including phenoxy) is 1. The lowest BCUT2D eigenvalue weighted by Gasteiger charge is -2.00. The minimum Gasteiger partial charge on any atom is -0.445 e. The van der Waals surface area contributed by atoms with E-state index in [9.17, 15) is 9.59 Å². The summed E-state index contributed by atoms with van der Waals surface area (Å²) in [7, 11) is 0. The summed E-state index contributed by atoms with van der Waals surface area (Å²) < 4.78 is 4.72. The highest BCUT2D eigenvalue weighted by Gasteiger charge is 2.05. The van der Waals surface area contributed by atoms with Crippen LogP contribution in [-0.2, 0) is 16.1 Å². The molecule has 0 aliphatic rings. The van der Waals surface area contributed by atoms with E-state index >= 15 is 0 Å². The Labute approximate surface area is 96.3 Å². The SMILES string of the molecule is C=CCOC(=O)Nc1cnc(CNC=O)s1. The summed E-state index contributed by atoms with van der Waals surface area (Å²) in [6, 6.07) is 0. The highest BCUT2D eigenvalue weighted by molar-refractivity contribution is 7.15. The Bertz CT molecular complexity index is 378. The molecule has 2 N–H and O–H groups in total. The summed E-state index contributed by atoms with van der Waals surface area (Å²) in [5, 5.41) is 6.25. The molecule has 16 heavy (non-hydrogen) atoms. The van der Waals surface area contributed by atoms with Crippen LogP contribution in [0.2, 0.25) is 0 Å². The highest BCUT2D eigenvalue weighted by Crippen LogP contribution is 2.18. The average Bonchev–Trinajstić information content (AvgIpc) is 2.71. The van der Waals surface area contributed by atoms with Crippen LogP contribution in [0, 0.1) is 0 Å². The van der Waals surface area contributed by atoms with Gasteiger partial charge in [-0.25, -0.2) is 9.78 Å². The van der Waals surface area contributed by atoms with Gasteiger partial charge in [-0.05, 0) is 0 Å². The van der Waals surface area contributed by atoms with Crippen LogP contribution < -0.4 is 10.6 Å². The monoisotopic (exact) mass is 241 g/mol. The fraction of sp³-hybridized carbons (Fsp3) is 0.222. The normalized spacial score (nSPS) is 9.25. The second kappa shape index (κ2) is 6.57. The van der Waals surface area contributed by atoms with Crippen LogP contribution in [0.5, 0.6) is 0 Å². The number of hydrogen-bond acceptors (Lipinski definition) is 5. The van der Waals surface area contributed by atoms with Crippen molar-refractivity contribution in [2.45, 2.75) is 6.54 Å². The van der Waals surface area contributed by atoms with Crippen molar-refractivity contribution in [1.29, 1.82) is 0 Å². The molecule has 0 saturated carbocycles. The Morgan fingerprint density at radius 3 is 3.19 bits per heavy atom. The van der Waals surface area contributed by atoms with Crippen molar-refractivity contribution in [3.05, 3.63) is 23.9 Å². The van der Waals surface area contributed by atoms with E-state index in [1.165, 1.54) is 23.6 Å². The molecule has 7 heteroatoms. The van der Waals surface area contributed by atoms with E-state index in [1.54, 1.807) is 0 Å². The Morgan fingerprint density at radius 2 is 2.50 bits per heavy atom. The van der Waals surface area contributed by atoms with Crippen LogP contribution in [0.3, 0.4) is 0 Å². The predicted molar refractivity (Wildman–Crippen MR) is 60.2 cm³/mol. The van der Waals surface area contributed by atoms with Crippen LogP contribution in [0.1, 0.15) is 5.01 Å². The zero-order valence-corrected chi connectivity index (χ0v) is 9.25. The quantitative estimate of drug-likeness (QED) is 0.577.